The van der Waals surface area contributed by atoms with Crippen LogP contribution in [-0.4, -0.2) is 13.1 Å². The number of hydrogen-bond acceptors (Lipinski definition) is 2. The van der Waals surface area contributed by atoms with E-state index in [4.69, 9.17) is 0 Å². The smallest absolute Gasteiger partial charge is 0.148 e. The minimum absolute atomic E-state index is 0.134. The third-order valence-corrected chi connectivity index (χ3v) is 4.01. The summed E-state index contributed by atoms with van der Waals surface area (Å²) in [7, 11) is 0. The fraction of sp³-hybridized carbons (Fsp3) is 0.333. The first kappa shape index (κ1) is 13.9. The van der Waals surface area contributed by atoms with Crippen LogP contribution >= 0.6 is 0 Å². The van der Waals surface area contributed by atoms with E-state index in [1.54, 1.807) is 6.07 Å². The van der Waals surface area contributed by atoms with Crippen molar-refractivity contribution in [1.29, 1.82) is 0 Å². The van der Waals surface area contributed by atoms with E-state index in [9.17, 15) is 4.39 Å². The molecule has 2 aromatic carbocycles. The molecule has 0 aromatic heterocycles. The molecule has 21 heavy (non-hydrogen) atoms. The molecular formula is C18H21FN2. The summed E-state index contributed by atoms with van der Waals surface area (Å²) in [5.74, 6) is -0.134. The van der Waals surface area contributed by atoms with Gasteiger partial charge in [-0.1, -0.05) is 29.8 Å². The van der Waals surface area contributed by atoms with E-state index in [1.807, 2.05) is 12.1 Å². The van der Waals surface area contributed by atoms with Crippen molar-refractivity contribution in [2.45, 2.75) is 26.3 Å². The van der Waals surface area contributed by atoms with Gasteiger partial charge in [0.1, 0.15) is 5.82 Å². The van der Waals surface area contributed by atoms with Crippen LogP contribution < -0.4 is 10.2 Å². The summed E-state index contributed by atoms with van der Waals surface area (Å²) in [6.07, 6.45) is 2.32. The minimum Gasteiger partial charge on any atom is -0.381 e. The Bertz CT molecular complexity index is 601. The standard InChI is InChI=1S/C18H21FN2/c1-14-4-6-15(7-5-14)13-20-16-8-9-18(17(19)12-16)21-10-2-3-11-21/h4-9,12,20H,2-3,10-11,13H2,1H3. The van der Waals surface area contributed by atoms with Crippen LogP contribution in [-0.2, 0) is 6.54 Å². The molecular weight excluding hydrogens is 263 g/mol. The molecule has 0 atom stereocenters. The molecule has 0 unspecified atom stereocenters. The maximum atomic E-state index is 14.2. The summed E-state index contributed by atoms with van der Waals surface area (Å²) in [5.41, 5.74) is 4.01. The van der Waals surface area contributed by atoms with Crippen molar-refractivity contribution in [3.63, 3.8) is 0 Å². The molecule has 0 radical (unpaired) electrons. The highest BCUT2D eigenvalue weighted by molar-refractivity contribution is 5.56. The van der Waals surface area contributed by atoms with Gasteiger partial charge in [0, 0.05) is 25.3 Å². The molecule has 1 N–H and O–H groups in total. The van der Waals surface area contributed by atoms with Gasteiger partial charge in [-0.2, -0.15) is 0 Å². The van der Waals surface area contributed by atoms with Crippen molar-refractivity contribution in [3.05, 3.63) is 59.4 Å². The van der Waals surface area contributed by atoms with Gasteiger partial charge in [0.15, 0.2) is 0 Å². The van der Waals surface area contributed by atoms with E-state index in [1.165, 1.54) is 11.1 Å². The number of hydrogen-bond donors (Lipinski definition) is 1. The van der Waals surface area contributed by atoms with Crippen LogP contribution in [0.3, 0.4) is 0 Å². The highest BCUT2D eigenvalue weighted by Crippen LogP contribution is 2.26. The molecule has 2 nitrogen and oxygen atoms in total. The molecule has 1 saturated heterocycles. The van der Waals surface area contributed by atoms with Gasteiger partial charge >= 0.3 is 0 Å². The highest BCUT2D eigenvalue weighted by Gasteiger charge is 2.15. The second-order valence-corrected chi connectivity index (χ2v) is 5.70. The minimum atomic E-state index is -0.134. The Kier molecular flexibility index (Phi) is 4.09. The quantitative estimate of drug-likeness (QED) is 0.898. The van der Waals surface area contributed by atoms with E-state index >= 15 is 0 Å². The molecule has 110 valence electrons. The molecule has 0 amide bonds. The fourth-order valence-electron chi connectivity index (χ4n) is 2.74. The lowest BCUT2D eigenvalue weighted by Crippen LogP contribution is -2.18. The monoisotopic (exact) mass is 284 g/mol. The topological polar surface area (TPSA) is 15.3 Å². The Labute approximate surface area is 125 Å². The summed E-state index contributed by atoms with van der Waals surface area (Å²) in [6.45, 7) is 4.71. The van der Waals surface area contributed by atoms with Gasteiger partial charge < -0.3 is 10.2 Å². The fourth-order valence-corrected chi connectivity index (χ4v) is 2.74. The summed E-state index contributed by atoms with van der Waals surface area (Å²) in [6, 6.07) is 13.8. The molecule has 0 saturated carbocycles. The van der Waals surface area contributed by atoms with E-state index in [0.717, 1.165) is 37.3 Å². The molecule has 0 spiro atoms. The molecule has 0 bridgehead atoms. The largest absolute Gasteiger partial charge is 0.381 e. The highest BCUT2D eigenvalue weighted by atomic mass is 19.1. The molecule has 1 aliphatic rings. The Balaban J connectivity index is 1.66. The normalized spacial score (nSPS) is 14.5. The van der Waals surface area contributed by atoms with Gasteiger partial charge in [0.25, 0.3) is 0 Å². The third kappa shape index (κ3) is 3.35. The third-order valence-electron chi connectivity index (χ3n) is 4.01. The first-order chi connectivity index (χ1) is 10.2. The van der Waals surface area contributed by atoms with Crippen LogP contribution in [0.25, 0.3) is 0 Å². The number of nitrogens with zero attached hydrogens (tertiary/aromatic N) is 1. The number of anilines is 2. The number of rotatable bonds is 4. The first-order valence-electron chi connectivity index (χ1n) is 7.56. The van der Waals surface area contributed by atoms with Gasteiger partial charge in [0.05, 0.1) is 5.69 Å². The van der Waals surface area contributed by atoms with Crippen molar-refractivity contribution in [2.24, 2.45) is 0 Å². The molecule has 3 heteroatoms. The summed E-state index contributed by atoms with van der Waals surface area (Å²) in [5, 5.41) is 3.28. The number of halogens is 1. The Morgan fingerprint density at radius 2 is 1.76 bits per heavy atom. The molecule has 1 heterocycles. The zero-order chi connectivity index (χ0) is 14.7. The van der Waals surface area contributed by atoms with Crippen molar-refractivity contribution in [3.8, 4) is 0 Å². The molecule has 3 rings (SSSR count). The number of aryl methyl sites for hydroxylation is 1. The van der Waals surface area contributed by atoms with Gasteiger partial charge in [-0.15, -0.1) is 0 Å². The molecule has 0 aliphatic carbocycles. The van der Waals surface area contributed by atoms with Crippen LogP contribution in [0.2, 0.25) is 0 Å². The lowest BCUT2D eigenvalue weighted by atomic mass is 10.1. The van der Waals surface area contributed by atoms with Crippen molar-refractivity contribution < 1.29 is 4.39 Å². The van der Waals surface area contributed by atoms with E-state index in [-0.39, 0.29) is 5.82 Å². The lowest BCUT2D eigenvalue weighted by molar-refractivity contribution is 0.623. The van der Waals surface area contributed by atoms with Crippen molar-refractivity contribution >= 4 is 11.4 Å². The molecule has 1 aliphatic heterocycles. The predicted molar refractivity (Wildman–Crippen MR) is 86.4 cm³/mol. The van der Waals surface area contributed by atoms with Crippen molar-refractivity contribution in [1.82, 2.24) is 0 Å². The zero-order valence-electron chi connectivity index (χ0n) is 12.4. The predicted octanol–water partition coefficient (Wildman–Crippen LogP) is 4.35. The lowest BCUT2D eigenvalue weighted by Gasteiger charge is -2.19. The Morgan fingerprint density at radius 1 is 1.05 bits per heavy atom. The van der Waals surface area contributed by atoms with E-state index in [2.05, 4.69) is 41.4 Å². The molecule has 1 fully saturated rings. The SMILES string of the molecule is Cc1ccc(CNc2ccc(N3CCCC3)c(F)c2)cc1. The number of benzene rings is 2. The second-order valence-electron chi connectivity index (χ2n) is 5.70. The maximum absolute atomic E-state index is 14.2. The average Bonchev–Trinajstić information content (AvgIpc) is 3.01. The molecule has 2 aromatic rings. The van der Waals surface area contributed by atoms with E-state index < -0.39 is 0 Å². The summed E-state index contributed by atoms with van der Waals surface area (Å²) >= 11 is 0. The van der Waals surface area contributed by atoms with Gasteiger partial charge in [-0.25, -0.2) is 4.39 Å². The van der Waals surface area contributed by atoms with E-state index in [0.29, 0.717) is 6.54 Å². The maximum Gasteiger partial charge on any atom is 0.148 e. The first-order valence-corrected chi connectivity index (χ1v) is 7.56. The Morgan fingerprint density at radius 3 is 2.43 bits per heavy atom. The van der Waals surface area contributed by atoms with Crippen molar-refractivity contribution in [2.75, 3.05) is 23.3 Å². The second kappa shape index (κ2) is 6.17. The summed E-state index contributed by atoms with van der Waals surface area (Å²) in [4.78, 5) is 2.12. The van der Waals surface area contributed by atoms with Gasteiger partial charge in [-0.05, 0) is 43.5 Å². The van der Waals surface area contributed by atoms with Crippen LogP contribution in [0.5, 0.6) is 0 Å². The zero-order valence-corrected chi connectivity index (χ0v) is 12.4. The van der Waals surface area contributed by atoms with Gasteiger partial charge in [-0.3, -0.25) is 0 Å². The van der Waals surface area contributed by atoms with Crippen LogP contribution in [0.15, 0.2) is 42.5 Å². The van der Waals surface area contributed by atoms with Crippen LogP contribution in [0, 0.1) is 12.7 Å². The average molecular weight is 284 g/mol. The van der Waals surface area contributed by atoms with Crippen LogP contribution in [0.4, 0.5) is 15.8 Å². The van der Waals surface area contributed by atoms with Gasteiger partial charge in [0.2, 0.25) is 0 Å². The Hall–Kier alpha value is -2.03. The number of nitrogens with one attached hydrogen (secondary N) is 1. The summed E-state index contributed by atoms with van der Waals surface area (Å²) < 4.78 is 14.2. The van der Waals surface area contributed by atoms with Crippen LogP contribution in [0.1, 0.15) is 24.0 Å².